The van der Waals surface area contributed by atoms with Gasteiger partial charge in [0.15, 0.2) is 0 Å². The van der Waals surface area contributed by atoms with Gasteiger partial charge in [0.2, 0.25) is 0 Å². The zero-order valence-corrected chi connectivity index (χ0v) is 67.6. The predicted molar refractivity (Wildman–Crippen MR) is 495 cm³/mol. The van der Waals surface area contributed by atoms with Gasteiger partial charge < -0.3 is 20.3 Å². The Morgan fingerprint density at radius 2 is 0.767 bits per heavy atom. The second-order valence-corrected chi connectivity index (χ2v) is 32.0. The van der Waals surface area contributed by atoms with E-state index in [1.807, 2.05) is 78.9 Å². The Morgan fingerprint density at radius 1 is 0.328 bits per heavy atom. The number of nitrogens with zero attached hydrogens (tertiary/aromatic N) is 6. The summed E-state index contributed by atoms with van der Waals surface area (Å²) in [5.41, 5.74) is 25.5. The van der Waals surface area contributed by atoms with Gasteiger partial charge in [-0.25, -0.2) is 19.9 Å². The van der Waals surface area contributed by atoms with E-state index in [-0.39, 0.29) is 10.8 Å². The number of hydrogen-bond donors (Lipinski definition) is 4. The van der Waals surface area contributed by atoms with Crippen LogP contribution in [0.15, 0.2) is 364 Å². The van der Waals surface area contributed by atoms with Crippen molar-refractivity contribution < 1.29 is 10.0 Å². The highest BCUT2D eigenvalue weighted by Crippen LogP contribution is 2.55. The standard InChI is InChI=1S/C51H36N4.C21H18N2.C15H10ClN.C9H5ClIN.C6H7BO2/c1-51(2)41-24-12-16-28-46(41)55(50-31-39(34-19-7-4-8-20-34)36-22-10-14-26-44(36)53-50)48-32-47-40(29-42(48)51)37-23-11-15-27-45(37)54(47)49-30-38(33-17-5-3-6-18-33)35-21-9-13-25-43(35)52-49;1-21(2)15-8-4-6-10-18(15)23-20-12-19-14(11-16(20)21)13-7-3-5-9-17(13)22-19;16-15-10-13(11-6-2-1-3-7-11)12-8-4-5-9-14(12)17-15;10-9-5-7(11)6-3-1-2-4-8(6)12-9;8-7(9)6-4-2-1-3-5-6/h3-32H,1-2H3;3-12,22-23H,1-2H3;1-10H;1-5H;1-5,8-9H. The highest BCUT2D eigenvalue weighted by molar-refractivity contribution is 14.1. The average molecular weight is 1650 g/mol. The first-order valence-electron chi connectivity index (χ1n) is 38.6. The Bertz CT molecular complexity index is 7110. The number of hydrogen-bond acceptors (Lipinski definition) is 8. The molecule has 10 nitrogen and oxygen atoms in total. The fraction of sp³-hybridized carbons (Fsp3) is 0.0588. The summed E-state index contributed by atoms with van der Waals surface area (Å²) < 4.78 is 3.50. The summed E-state index contributed by atoms with van der Waals surface area (Å²) in [5.74, 6) is 1.78. The lowest BCUT2D eigenvalue weighted by Gasteiger charge is -2.41. The molecule has 0 atom stereocenters. The van der Waals surface area contributed by atoms with Gasteiger partial charge >= 0.3 is 7.12 Å². The number of nitrogens with one attached hydrogen (secondary N) is 2. The van der Waals surface area contributed by atoms with E-state index >= 15 is 0 Å². The number of H-pyrrole nitrogens is 1. The summed E-state index contributed by atoms with van der Waals surface area (Å²) in [5, 5.41) is 31.4. The molecule has 0 fully saturated rings. The van der Waals surface area contributed by atoms with Crippen LogP contribution >= 0.6 is 45.8 Å². The molecule has 2 aliphatic rings. The Morgan fingerprint density at radius 3 is 1.36 bits per heavy atom. The number of para-hydroxylation sites is 8. The zero-order chi connectivity index (χ0) is 79.2. The van der Waals surface area contributed by atoms with Gasteiger partial charge in [0.25, 0.3) is 0 Å². The Balaban J connectivity index is 0.000000123. The summed E-state index contributed by atoms with van der Waals surface area (Å²) in [6, 6.07) is 126. The minimum absolute atomic E-state index is 0.0102. The highest BCUT2D eigenvalue weighted by atomic mass is 127. The van der Waals surface area contributed by atoms with Crippen LogP contribution in [0.1, 0.15) is 49.9 Å². The van der Waals surface area contributed by atoms with Crippen molar-refractivity contribution in [2.24, 2.45) is 0 Å². The second-order valence-electron chi connectivity index (χ2n) is 30.1. The maximum absolute atomic E-state index is 8.58. The van der Waals surface area contributed by atoms with E-state index in [0.29, 0.717) is 15.8 Å². The first-order valence-corrected chi connectivity index (χ1v) is 40.5. The Hall–Kier alpha value is -12.8. The number of benzene rings is 14. The van der Waals surface area contributed by atoms with Crippen molar-refractivity contribution in [3.63, 3.8) is 0 Å². The second kappa shape index (κ2) is 31.5. The molecule has 116 heavy (non-hydrogen) atoms. The lowest BCUT2D eigenvalue weighted by Crippen LogP contribution is -2.31. The Labute approximate surface area is 696 Å². The minimum Gasteiger partial charge on any atom is -0.423 e. The van der Waals surface area contributed by atoms with Crippen LogP contribution in [0.4, 0.5) is 28.6 Å². The number of anilines is 5. The number of halogens is 3. The van der Waals surface area contributed by atoms with E-state index in [9.17, 15) is 0 Å². The summed E-state index contributed by atoms with van der Waals surface area (Å²) in [4.78, 5) is 25.2. The maximum atomic E-state index is 8.58. The molecule has 4 N–H and O–H groups in total. The molecular weight excluding hydrogens is 1580 g/mol. The van der Waals surface area contributed by atoms with Crippen LogP contribution in [-0.4, -0.2) is 46.7 Å². The molecular formula is C102H76BCl2IN8O2. The predicted octanol–water partition coefficient (Wildman–Crippen LogP) is 26.4. The first-order chi connectivity index (χ1) is 56.6. The molecule has 0 saturated carbocycles. The van der Waals surface area contributed by atoms with Crippen molar-refractivity contribution >= 4 is 174 Å². The number of aromatic nitrogens is 6. The Kier molecular flexibility index (Phi) is 20.3. The fourth-order valence-electron chi connectivity index (χ4n) is 16.6. The van der Waals surface area contributed by atoms with Crippen molar-refractivity contribution in [1.29, 1.82) is 0 Å². The maximum Gasteiger partial charge on any atom is 0.488 e. The van der Waals surface area contributed by atoms with Crippen LogP contribution in [0.25, 0.3) is 126 Å². The normalized spacial score (nSPS) is 12.7. The van der Waals surface area contributed by atoms with Crippen LogP contribution in [0.5, 0.6) is 0 Å². The lowest BCUT2D eigenvalue weighted by molar-refractivity contribution is 0.426. The molecule has 14 heteroatoms. The lowest BCUT2D eigenvalue weighted by atomic mass is 9.73. The first kappa shape index (κ1) is 74.6. The van der Waals surface area contributed by atoms with Crippen molar-refractivity contribution in [3.05, 3.63) is 400 Å². The van der Waals surface area contributed by atoms with Crippen LogP contribution in [-0.2, 0) is 10.8 Å². The highest BCUT2D eigenvalue weighted by Gasteiger charge is 2.39. The molecule has 0 saturated heterocycles. The molecule has 0 radical (unpaired) electrons. The van der Waals surface area contributed by atoms with E-state index in [1.165, 1.54) is 77.3 Å². The third kappa shape index (κ3) is 14.2. The van der Waals surface area contributed by atoms with Gasteiger partial charge in [-0.2, -0.15) is 0 Å². The van der Waals surface area contributed by atoms with Crippen molar-refractivity contribution in [3.8, 4) is 39.2 Å². The molecule has 2 aliphatic heterocycles. The van der Waals surface area contributed by atoms with Crippen molar-refractivity contribution in [2.45, 2.75) is 38.5 Å². The molecule has 0 spiro atoms. The quantitative estimate of drug-likeness (QED) is 0.0736. The summed E-state index contributed by atoms with van der Waals surface area (Å²) in [6.07, 6.45) is 0. The molecule has 20 aromatic rings. The molecule has 0 amide bonds. The van der Waals surface area contributed by atoms with Crippen molar-refractivity contribution in [1.82, 2.24) is 29.5 Å². The summed E-state index contributed by atoms with van der Waals surface area (Å²) in [7, 11) is -1.34. The van der Waals surface area contributed by atoms with Crippen LogP contribution in [0.3, 0.4) is 0 Å². The molecule has 560 valence electrons. The van der Waals surface area contributed by atoms with Gasteiger partial charge in [-0.3, -0.25) is 9.47 Å². The van der Waals surface area contributed by atoms with Gasteiger partial charge in [0.1, 0.15) is 21.9 Å². The summed E-state index contributed by atoms with van der Waals surface area (Å²) in [6.45, 7) is 9.33. The number of pyridine rings is 4. The van der Waals surface area contributed by atoms with Gasteiger partial charge in [-0.15, -0.1) is 0 Å². The third-order valence-corrected chi connectivity index (χ3v) is 23.5. The topological polar surface area (TPSA) is 128 Å². The van der Waals surface area contributed by atoms with E-state index in [1.54, 1.807) is 24.3 Å². The van der Waals surface area contributed by atoms with Crippen LogP contribution < -0.4 is 15.7 Å². The third-order valence-electron chi connectivity index (χ3n) is 22.2. The fourth-order valence-corrected chi connectivity index (χ4v) is 17.9. The molecule has 0 unspecified atom stereocenters. The average Bonchev–Trinajstić information content (AvgIpc) is 1.34. The van der Waals surface area contributed by atoms with Gasteiger partial charge in [-0.1, -0.05) is 318 Å². The van der Waals surface area contributed by atoms with E-state index in [4.69, 9.17) is 43.2 Å². The van der Waals surface area contributed by atoms with Gasteiger partial charge in [0, 0.05) is 79.9 Å². The monoisotopic (exact) mass is 1650 g/mol. The number of aromatic amines is 1. The van der Waals surface area contributed by atoms with E-state index in [2.05, 4.69) is 341 Å². The molecule has 8 heterocycles. The smallest absolute Gasteiger partial charge is 0.423 e. The molecule has 0 aliphatic carbocycles. The molecule has 0 bridgehead atoms. The van der Waals surface area contributed by atoms with Crippen LogP contribution in [0, 0.1) is 3.57 Å². The van der Waals surface area contributed by atoms with E-state index in [0.717, 1.165) is 103 Å². The number of fused-ring (bicyclic) bond motifs is 14. The SMILES string of the molecule is CC1(C)c2ccccc2N(c2cc(-c3ccccc3)c3ccccc3n2)c2cc3c(cc21)c1ccccc1n3-c1cc(-c2ccccc2)c2ccccc2n1.CC1(C)c2ccccc2Nc2cc3[nH]c4ccccc4c3cc21.Clc1cc(-c2ccccc2)c2ccccc2n1.Clc1cc(I)c2ccccc2n1.OB(O)c1ccccc1. The summed E-state index contributed by atoms with van der Waals surface area (Å²) >= 11 is 14.1. The minimum atomic E-state index is -1.34. The molecule has 6 aromatic heterocycles. The largest absolute Gasteiger partial charge is 0.488 e. The van der Waals surface area contributed by atoms with Crippen molar-refractivity contribution in [2.75, 3.05) is 10.2 Å². The molecule has 14 aromatic carbocycles. The van der Waals surface area contributed by atoms with E-state index < -0.39 is 7.12 Å². The van der Waals surface area contributed by atoms with Gasteiger partial charge in [0.05, 0.1) is 44.5 Å². The zero-order valence-electron chi connectivity index (χ0n) is 63.9. The van der Waals surface area contributed by atoms with Gasteiger partial charge in [-0.05, 0) is 181 Å². The molecule has 22 rings (SSSR count). The number of rotatable bonds is 6. The van der Waals surface area contributed by atoms with Crippen LogP contribution in [0.2, 0.25) is 10.3 Å².